The van der Waals surface area contributed by atoms with Crippen LogP contribution in [-0.4, -0.2) is 61.6 Å². The van der Waals surface area contributed by atoms with Gasteiger partial charge in [0.2, 0.25) is 0 Å². The quantitative estimate of drug-likeness (QED) is 0.372. The minimum absolute atomic E-state index is 0.689. The maximum absolute atomic E-state index is 6.10. The molecule has 0 aromatic heterocycles. The van der Waals surface area contributed by atoms with Crippen LogP contribution in [0.5, 0.6) is 5.75 Å². The molecule has 0 atom stereocenters. The molecule has 0 aliphatic carbocycles. The average Bonchev–Trinajstić information content (AvgIpc) is 3.67. The van der Waals surface area contributed by atoms with E-state index in [1.807, 2.05) is 72.9 Å². The van der Waals surface area contributed by atoms with E-state index >= 15 is 0 Å². The summed E-state index contributed by atoms with van der Waals surface area (Å²) < 4.78 is 7.03. The maximum Gasteiger partial charge on any atom is 0.119 e. The van der Waals surface area contributed by atoms with Gasteiger partial charge in [-0.25, -0.2) is 20.0 Å². The van der Waals surface area contributed by atoms with Gasteiger partial charge in [0.05, 0.1) is 79.9 Å². The molecule has 0 spiro atoms. The molecule has 1 aromatic carbocycles. The summed E-state index contributed by atoms with van der Waals surface area (Å²) in [5, 5.41) is 0. The molecule has 6 heteroatoms. The topological polar surface area (TPSA) is 58.7 Å². The second kappa shape index (κ2) is 9.80. The molecule has 0 unspecified atom stereocenters. The smallest absolute Gasteiger partial charge is 0.119 e. The highest BCUT2D eigenvalue weighted by atomic mass is 16.5. The van der Waals surface area contributed by atoms with Crippen molar-refractivity contribution in [2.75, 3.05) is 34.3 Å². The summed E-state index contributed by atoms with van der Waals surface area (Å²) in [5.41, 5.74) is 9.01. The van der Waals surface area contributed by atoms with Gasteiger partial charge in [0, 0.05) is 12.0 Å². The summed E-state index contributed by atoms with van der Waals surface area (Å²) in [5.74, 6) is 0.863. The molecular weight excluding hydrogens is 470 g/mol. The number of fused-ring (bicyclic) bond motifs is 4. The van der Waals surface area contributed by atoms with Crippen LogP contribution in [0.4, 0.5) is 0 Å². The Kier molecular flexibility index (Phi) is 6.18. The number of ether oxygens (including phenoxy) is 1. The van der Waals surface area contributed by atoms with E-state index < -0.39 is 0 Å². The number of benzene rings is 1. The molecule has 1 aromatic rings. The summed E-state index contributed by atoms with van der Waals surface area (Å²) in [7, 11) is 6.60. The number of allylic oxidation sites excluding steroid dienone is 12. The largest absolute Gasteiger partial charge is 0.493 e. The van der Waals surface area contributed by atoms with Gasteiger partial charge in [0.25, 0.3) is 0 Å². The summed E-state index contributed by atoms with van der Waals surface area (Å²) in [6.07, 6.45) is 23.2. The van der Waals surface area contributed by atoms with Crippen LogP contribution < -0.4 is 4.74 Å². The number of nitrogens with zero attached hydrogens (tertiary/aromatic N) is 5. The molecule has 0 saturated heterocycles. The van der Waals surface area contributed by atoms with Gasteiger partial charge in [0.1, 0.15) is 5.75 Å². The molecule has 0 radical (unpaired) electrons. The average molecular weight is 501 g/mol. The fraction of sp³-hybridized carbons (Fsp3) is 0.188. The highest BCUT2D eigenvalue weighted by molar-refractivity contribution is 6.19. The van der Waals surface area contributed by atoms with Crippen LogP contribution in [0.2, 0.25) is 0 Å². The number of hydrogen-bond acceptors (Lipinski definition) is 5. The molecule has 188 valence electrons. The number of aliphatic imine (C=N–C) groups is 4. The minimum Gasteiger partial charge on any atom is -0.493 e. The standard InChI is InChI=1S/C32H30N5O/c1-37(2,3)14-5-15-38-30-7-4-6-22(16-30)31-20-29-19-27-11-10-25(34-27)17-23-8-9-24(33-23)18-26-12-13-28(35-26)21-32(31)36-29/h4,6-13,16-21H,5,14-15H2,1-3H3/q+1. The van der Waals surface area contributed by atoms with Crippen LogP contribution in [0.1, 0.15) is 12.0 Å². The third-order valence-corrected chi connectivity index (χ3v) is 6.43. The summed E-state index contributed by atoms with van der Waals surface area (Å²) in [4.78, 5) is 19.2. The second-order valence-corrected chi connectivity index (χ2v) is 10.7. The van der Waals surface area contributed by atoms with Crippen molar-refractivity contribution in [3.63, 3.8) is 0 Å². The monoisotopic (exact) mass is 500 g/mol. The molecule has 38 heavy (non-hydrogen) atoms. The van der Waals surface area contributed by atoms with Gasteiger partial charge in [0.15, 0.2) is 0 Å². The summed E-state index contributed by atoms with van der Waals surface area (Å²) >= 11 is 0. The number of quaternary nitrogens is 1. The Hall–Kier alpha value is -4.42. The lowest BCUT2D eigenvalue weighted by molar-refractivity contribution is -0.870. The Labute approximate surface area is 223 Å². The molecule has 6 rings (SSSR count). The zero-order chi connectivity index (χ0) is 26.1. The number of rotatable bonds is 6. The van der Waals surface area contributed by atoms with Crippen molar-refractivity contribution in [3.05, 3.63) is 119 Å². The van der Waals surface area contributed by atoms with Crippen molar-refractivity contribution >= 4 is 28.4 Å². The van der Waals surface area contributed by atoms with Crippen LogP contribution >= 0.6 is 0 Å². The molecule has 0 amide bonds. The second-order valence-electron chi connectivity index (χ2n) is 10.7. The lowest BCUT2D eigenvalue weighted by Gasteiger charge is -2.23. The molecule has 6 nitrogen and oxygen atoms in total. The zero-order valence-corrected chi connectivity index (χ0v) is 21.9. The number of hydrogen-bond donors (Lipinski definition) is 0. The van der Waals surface area contributed by atoms with E-state index in [4.69, 9.17) is 19.7 Å². The van der Waals surface area contributed by atoms with Crippen molar-refractivity contribution in [2.24, 2.45) is 20.0 Å². The van der Waals surface area contributed by atoms with Gasteiger partial charge in [-0.1, -0.05) is 12.1 Å². The first-order valence-electron chi connectivity index (χ1n) is 12.9. The van der Waals surface area contributed by atoms with Gasteiger partial charge in [-0.15, -0.1) is 0 Å². The Morgan fingerprint density at radius 3 is 1.89 bits per heavy atom. The van der Waals surface area contributed by atoms with Gasteiger partial charge >= 0.3 is 0 Å². The first-order valence-corrected chi connectivity index (χ1v) is 12.9. The molecular formula is C32H30N5O+. The normalized spacial score (nSPS) is 19.3. The molecule has 0 fully saturated rings. The third kappa shape index (κ3) is 5.61. The van der Waals surface area contributed by atoms with E-state index in [0.717, 1.165) is 80.0 Å². The van der Waals surface area contributed by atoms with E-state index in [2.05, 4.69) is 44.3 Å². The highest BCUT2D eigenvalue weighted by Gasteiger charge is 2.19. The van der Waals surface area contributed by atoms with Crippen molar-refractivity contribution in [1.82, 2.24) is 0 Å². The Balaban J connectivity index is 1.33. The SMILES string of the molecule is C[N+](C)(C)CCCOc1cccc(C2=CC3=NC2=CC2=NC(=CC4=NC(=CC5=NC(=C3)C=C5)C=C4)C=C2)c1. The molecule has 5 aliphatic rings. The Morgan fingerprint density at radius 1 is 0.658 bits per heavy atom. The van der Waals surface area contributed by atoms with E-state index in [1.165, 1.54) is 0 Å². The molecule has 5 aliphatic heterocycles. The van der Waals surface area contributed by atoms with Crippen LogP contribution in [0.3, 0.4) is 0 Å². The molecule has 0 N–H and O–H groups in total. The Morgan fingerprint density at radius 2 is 1.26 bits per heavy atom. The Bertz CT molecular complexity index is 1570. The van der Waals surface area contributed by atoms with Gasteiger partial charge in [-0.2, -0.15) is 0 Å². The van der Waals surface area contributed by atoms with Gasteiger partial charge < -0.3 is 9.22 Å². The van der Waals surface area contributed by atoms with Gasteiger partial charge in [-0.05, 0) is 84.5 Å². The predicted molar refractivity (Wildman–Crippen MR) is 157 cm³/mol. The van der Waals surface area contributed by atoms with Crippen molar-refractivity contribution < 1.29 is 9.22 Å². The lowest BCUT2D eigenvalue weighted by atomic mass is 10.0. The fourth-order valence-electron chi connectivity index (χ4n) is 4.61. The summed E-state index contributed by atoms with van der Waals surface area (Å²) in [6, 6.07) is 8.25. The summed E-state index contributed by atoms with van der Waals surface area (Å²) in [6.45, 7) is 1.75. The van der Waals surface area contributed by atoms with Crippen LogP contribution in [-0.2, 0) is 0 Å². The first kappa shape index (κ1) is 23.9. The van der Waals surface area contributed by atoms with E-state index in [0.29, 0.717) is 6.61 Å². The fourth-order valence-corrected chi connectivity index (χ4v) is 4.61. The predicted octanol–water partition coefficient (Wildman–Crippen LogP) is 5.58. The zero-order valence-electron chi connectivity index (χ0n) is 21.9. The highest BCUT2D eigenvalue weighted by Crippen LogP contribution is 2.32. The minimum atomic E-state index is 0.689. The van der Waals surface area contributed by atoms with Crippen molar-refractivity contribution in [2.45, 2.75) is 6.42 Å². The van der Waals surface area contributed by atoms with Crippen molar-refractivity contribution in [1.29, 1.82) is 0 Å². The molecule has 5 heterocycles. The van der Waals surface area contributed by atoms with Crippen molar-refractivity contribution in [3.8, 4) is 5.75 Å². The third-order valence-electron chi connectivity index (χ3n) is 6.43. The lowest BCUT2D eigenvalue weighted by Crippen LogP contribution is -2.35. The molecule has 0 saturated carbocycles. The van der Waals surface area contributed by atoms with E-state index in [1.54, 1.807) is 0 Å². The van der Waals surface area contributed by atoms with Gasteiger partial charge in [-0.3, -0.25) is 0 Å². The van der Waals surface area contributed by atoms with E-state index in [9.17, 15) is 0 Å². The maximum atomic E-state index is 6.10. The molecule has 8 bridgehead atoms. The first-order chi connectivity index (χ1) is 18.4. The van der Waals surface area contributed by atoms with Crippen LogP contribution in [0, 0.1) is 0 Å². The van der Waals surface area contributed by atoms with Crippen LogP contribution in [0.25, 0.3) is 5.57 Å². The van der Waals surface area contributed by atoms with E-state index in [-0.39, 0.29) is 0 Å². The van der Waals surface area contributed by atoms with Crippen LogP contribution in [0.15, 0.2) is 134 Å².